The van der Waals surface area contributed by atoms with Gasteiger partial charge in [0.2, 0.25) is 5.88 Å². The van der Waals surface area contributed by atoms with Crippen LogP contribution < -0.4 is 10.5 Å². The third-order valence-corrected chi connectivity index (χ3v) is 2.90. The zero-order valence-electron chi connectivity index (χ0n) is 9.87. The average Bonchev–Trinajstić information content (AvgIpc) is 2.30. The van der Waals surface area contributed by atoms with Crippen LogP contribution in [0.25, 0.3) is 0 Å². The molecule has 18 heavy (non-hydrogen) atoms. The topological polar surface area (TPSA) is 61.0 Å². The fraction of sp³-hybridized carbons (Fsp3) is 0.167. The molecule has 6 heteroatoms. The molecule has 0 aliphatic rings. The number of nitrogens with two attached hydrogens (primary N) is 1. The maximum Gasteiger partial charge on any atom is 0.227 e. The van der Waals surface area contributed by atoms with Crippen molar-refractivity contribution in [2.24, 2.45) is 0 Å². The Morgan fingerprint density at radius 3 is 2.61 bits per heavy atom. The van der Waals surface area contributed by atoms with E-state index < -0.39 is 0 Å². The normalized spacial score (nSPS) is 10.4. The van der Waals surface area contributed by atoms with Gasteiger partial charge in [-0.25, -0.2) is 4.98 Å². The minimum absolute atomic E-state index is 0.379. The van der Waals surface area contributed by atoms with Crippen LogP contribution in [0, 0.1) is 13.8 Å². The number of halogens is 2. The molecule has 0 aliphatic heterocycles. The SMILES string of the molecule is Cc1nc(N)c(C)c(Oc2cc(Cl)ccc2Cl)n1. The highest BCUT2D eigenvalue weighted by Crippen LogP contribution is 2.33. The molecule has 0 amide bonds. The molecule has 0 bridgehead atoms. The van der Waals surface area contributed by atoms with Gasteiger partial charge in [0.1, 0.15) is 17.4 Å². The Morgan fingerprint density at radius 1 is 1.17 bits per heavy atom. The summed E-state index contributed by atoms with van der Waals surface area (Å²) in [5.41, 5.74) is 6.42. The van der Waals surface area contributed by atoms with Crippen LogP contribution in [0.4, 0.5) is 5.82 Å². The molecule has 2 aromatic rings. The van der Waals surface area contributed by atoms with Crippen molar-refractivity contribution in [3.8, 4) is 11.6 Å². The number of nitrogen functional groups attached to an aromatic ring is 1. The van der Waals surface area contributed by atoms with E-state index in [1.165, 1.54) is 0 Å². The smallest absolute Gasteiger partial charge is 0.227 e. The molecule has 0 saturated heterocycles. The van der Waals surface area contributed by atoms with Gasteiger partial charge in [0.05, 0.1) is 10.6 Å². The van der Waals surface area contributed by atoms with Crippen LogP contribution in [0.15, 0.2) is 18.2 Å². The molecule has 2 rings (SSSR count). The van der Waals surface area contributed by atoms with Crippen LogP contribution in [0.1, 0.15) is 11.4 Å². The molecule has 0 saturated carbocycles. The zero-order chi connectivity index (χ0) is 13.3. The monoisotopic (exact) mass is 283 g/mol. The van der Waals surface area contributed by atoms with Crippen LogP contribution in [0.5, 0.6) is 11.6 Å². The highest BCUT2D eigenvalue weighted by atomic mass is 35.5. The van der Waals surface area contributed by atoms with Crippen molar-refractivity contribution >= 4 is 29.0 Å². The maximum atomic E-state index is 6.02. The summed E-state index contributed by atoms with van der Waals surface area (Å²) in [6.45, 7) is 3.52. The number of anilines is 1. The van der Waals surface area contributed by atoms with Crippen LogP contribution >= 0.6 is 23.2 Å². The quantitative estimate of drug-likeness (QED) is 0.911. The molecular formula is C12H11Cl2N3O. The van der Waals surface area contributed by atoms with E-state index in [4.69, 9.17) is 33.7 Å². The second-order valence-electron chi connectivity index (χ2n) is 3.76. The first kappa shape index (κ1) is 12.9. The fourth-order valence-electron chi connectivity index (χ4n) is 1.38. The summed E-state index contributed by atoms with van der Waals surface area (Å²) in [6, 6.07) is 4.96. The van der Waals surface area contributed by atoms with Crippen molar-refractivity contribution in [2.45, 2.75) is 13.8 Å². The molecule has 0 atom stereocenters. The zero-order valence-corrected chi connectivity index (χ0v) is 11.4. The lowest BCUT2D eigenvalue weighted by atomic mass is 10.3. The molecular weight excluding hydrogens is 273 g/mol. The van der Waals surface area contributed by atoms with Gasteiger partial charge in [0, 0.05) is 11.1 Å². The highest BCUT2D eigenvalue weighted by molar-refractivity contribution is 6.34. The van der Waals surface area contributed by atoms with Crippen molar-refractivity contribution in [3.63, 3.8) is 0 Å². The lowest BCUT2D eigenvalue weighted by Crippen LogP contribution is -2.02. The molecule has 0 aliphatic carbocycles. The first-order chi connectivity index (χ1) is 8.47. The number of nitrogens with zero attached hydrogens (tertiary/aromatic N) is 2. The minimum Gasteiger partial charge on any atom is -0.437 e. The van der Waals surface area contributed by atoms with Gasteiger partial charge in [-0.2, -0.15) is 4.98 Å². The molecule has 2 N–H and O–H groups in total. The van der Waals surface area contributed by atoms with Gasteiger partial charge < -0.3 is 10.5 Å². The van der Waals surface area contributed by atoms with Crippen LogP contribution in [-0.2, 0) is 0 Å². The molecule has 94 valence electrons. The summed E-state index contributed by atoms with van der Waals surface area (Å²) in [6.07, 6.45) is 0. The van der Waals surface area contributed by atoms with Gasteiger partial charge in [-0.1, -0.05) is 23.2 Å². The van der Waals surface area contributed by atoms with Crippen LogP contribution in [0.2, 0.25) is 10.0 Å². The summed E-state index contributed by atoms with van der Waals surface area (Å²) < 4.78 is 5.63. The standard InChI is InChI=1S/C12H11Cl2N3O/c1-6-11(15)16-7(2)17-12(6)18-10-5-8(13)3-4-9(10)14/h3-5H,1-2H3,(H2,15,16,17). The molecule has 0 unspecified atom stereocenters. The van der Waals surface area contributed by atoms with Crippen molar-refractivity contribution < 1.29 is 4.74 Å². The van der Waals surface area contributed by atoms with E-state index in [0.29, 0.717) is 38.9 Å². The number of hydrogen-bond acceptors (Lipinski definition) is 4. The number of benzene rings is 1. The number of rotatable bonds is 2. The van der Waals surface area contributed by atoms with Gasteiger partial charge in [0.25, 0.3) is 0 Å². The van der Waals surface area contributed by atoms with E-state index in [1.54, 1.807) is 32.0 Å². The van der Waals surface area contributed by atoms with Crippen molar-refractivity contribution in [3.05, 3.63) is 39.6 Å². The first-order valence-electron chi connectivity index (χ1n) is 5.21. The Balaban J connectivity index is 2.43. The van der Waals surface area contributed by atoms with Gasteiger partial charge >= 0.3 is 0 Å². The number of hydrogen-bond donors (Lipinski definition) is 1. The second-order valence-corrected chi connectivity index (χ2v) is 4.61. The summed E-state index contributed by atoms with van der Waals surface area (Å²) in [4.78, 5) is 8.23. The fourth-order valence-corrected chi connectivity index (χ4v) is 1.70. The van der Waals surface area contributed by atoms with Crippen molar-refractivity contribution in [2.75, 3.05) is 5.73 Å². The number of aryl methyl sites for hydroxylation is 1. The number of aromatic nitrogens is 2. The Kier molecular flexibility index (Phi) is 3.59. The van der Waals surface area contributed by atoms with E-state index in [1.807, 2.05) is 0 Å². The van der Waals surface area contributed by atoms with Gasteiger partial charge in [-0.15, -0.1) is 0 Å². The van der Waals surface area contributed by atoms with E-state index >= 15 is 0 Å². The molecule has 1 heterocycles. The predicted octanol–water partition coefficient (Wildman–Crippen LogP) is 3.77. The summed E-state index contributed by atoms with van der Waals surface area (Å²) in [7, 11) is 0. The van der Waals surface area contributed by atoms with Crippen molar-refractivity contribution in [1.82, 2.24) is 9.97 Å². The Hall–Kier alpha value is -1.52. The summed E-state index contributed by atoms with van der Waals surface area (Å²) in [5, 5.41) is 0.986. The number of ether oxygens (including phenoxy) is 1. The van der Waals surface area contributed by atoms with E-state index in [2.05, 4.69) is 9.97 Å². The Bertz CT molecular complexity index is 602. The lowest BCUT2D eigenvalue weighted by Gasteiger charge is -2.11. The Morgan fingerprint density at radius 2 is 1.89 bits per heavy atom. The van der Waals surface area contributed by atoms with Crippen LogP contribution in [-0.4, -0.2) is 9.97 Å². The van der Waals surface area contributed by atoms with Crippen LogP contribution in [0.3, 0.4) is 0 Å². The second kappa shape index (κ2) is 5.00. The summed E-state index contributed by atoms with van der Waals surface area (Å²) in [5.74, 6) is 1.73. The van der Waals surface area contributed by atoms with Gasteiger partial charge in [-0.3, -0.25) is 0 Å². The van der Waals surface area contributed by atoms with E-state index in [9.17, 15) is 0 Å². The molecule has 0 radical (unpaired) electrons. The minimum atomic E-state index is 0.379. The third kappa shape index (κ3) is 2.66. The van der Waals surface area contributed by atoms with Gasteiger partial charge in [0.15, 0.2) is 0 Å². The molecule has 0 fully saturated rings. The van der Waals surface area contributed by atoms with Gasteiger partial charge in [-0.05, 0) is 26.0 Å². The van der Waals surface area contributed by atoms with E-state index in [0.717, 1.165) is 0 Å². The maximum absolute atomic E-state index is 6.02. The third-order valence-electron chi connectivity index (χ3n) is 2.35. The lowest BCUT2D eigenvalue weighted by molar-refractivity contribution is 0.456. The molecule has 4 nitrogen and oxygen atoms in total. The molecule has 1 aromatic heterocycles. The first-order valence-corrected chi connectivity index (χ1v) is 5.96. The summed E-state index contributed by atoms with van der Waals surface area (Å²) >= 11 is 11.9. The predicted molar refractivity (Wildman–Crippen MR) is 72.5 cm³/mol. The van der Waals surface area contributed by atoms with Crippen molar-refractivity contribution in [1.29, 1.82) is 0 Å². The largest absolute Gasteiger partial charge is 0.437 e. The Labute approximate surface area is 115 Å². The average molecular weight is 284 g/mol. The molecule has 1 aromatic carbocycles. The highest BCUT2D eigenvalue weighted by Gasteiger charge is 2.11. The van der Waals surface area contributed by atoms with E-state index in [-0.39, 0.29) is 0 Å². The molecule has 0 spiro atoms.